The molecule has 0 aliphatic rings. The van der Waals surface area contributed by atoms with Crippen LogP contribution in [0.25, 0.3) is 0 Å². The summed E-state index contributed by atoms with van der Waals surface area (Å²) in [6.45, 7) is 0. The summed E-state index contributed by atoms with van der Waals surface area (Å²) in [5.41, 5.74) is -1.37. The van der Waals surface area contributed by atoms with Crippen molar-refractivity contribution in [1.82, 2.24) is 10.2 Å². The van der Waals surface area contributed by atoms with Gasteiger partial charge in [-0.25, -0.2) is 9.49 Å². The smallest absolute Gasteiger partial charge is 0.276 e. The molecule has 0 spiro atoms. The van der Waals surface area contributed by atoms with E-state index in [-0.39, 0.29) is 17.1 Å². The predicted octanol–water partition coefficient (Wildman–Crippen LogP) is 1.07. The molecule has 2 aromatic rings. The first-order valence-corrected chi connectivity index (χ1v) is 5.28. The Hall–Kier alpha value is -3.10. The fraction of sp³-hybridized carbons (Fsp3) is 0. The van der Waals surface area contributed by atoms with Gasteiger partial charge in [0.05, 0.1) is 10.6 Å². The summed E-state index contributed by atoms with van der Waals surface area (Å²) in [5.74, 6) is -1.63. The van der Waals surface area contributed by atoms with Gasteiger partial charge in [-0.05, 0) is 12.1 Å². The average Bonchev–Trinajstić information content (AvgIpc) is 2.41. The maximum atomic E-state index is 13.5. The van der Waals surface area contributed by atoms with Crippen molar-refractivity contribution in [3.8, 4) is 0 Å². The van der Waals surface area contributed by atoms with E-state index in [2.05, 4.69) is 10.4 Å². The molecule has 0 aliphatic carbocycles. The molecule has 0 unspecified atom stereocenters. The molecule has 8 nitrogen and oxygen atoms in total. The quantitative estimate of drug-likeness (QED) is 0.643. The number of hydrogen-bond acceptors (Lipinski definition) is 5. The van der Waals surface area contributed by atoms with Gasteiger partial charge >= 0.3 is 0 Å². The van der Waals surface area contributed by atoms with Crippen LogP contribution >= 0.6 is 0 Å². The Morgan fingerprint density at radius 3 is 2.70 bits per heavy atom. The minimum Gasteiger partial charge on any atom is -0.318 e. The van der Waals surface area contributed by atoms with Crippen molar-refractivity contribution >= 4 is 17.3 Å². The van der Waals surface area contributed by atoms with Gasteiger partial charge in [0, 0.05) is 18.2 Å². The van der Waals surface area contributed by atoms with Crippen LogP contribution in [-0.2, 0) is 0 Å². The average molecular weight is 278 g/mol. The van der Waals surface area contributed by atoms with Crippen molar-refractivity contribution in [3.05, 3.63) is 62.3 Å². The van der Waals surface area contributed by atoms with Crippen LogP contribution in [0.3, 0.4) is 0 Å². The molecule has 102 valence electrons. The number of hydrogen-bond donors (Lipinski definition) is 2. The topological polar surface area (TPSA) is 118 Å². The minimum absolute atomic E-state index is 0.157. The van der Waals surface area contributed by atoms with Gasteiger partial charge in [-0.3, -0.25) is 19.7 Å². The van der Waals surface area contributed by atoms with Crippen molar-refractivity contribution in [2.45, 2.75) is 0 Å². The van der Waals surface area contributed by atoms with E-state index in [9.17, 15) is 24.1 Å². The summed E-state index contributed by atoms with van der Waals surface area (Å²) in [7, 11) is 0. The van der Waals surface area contributed by atoms with Crippen LogP contribution in [0.15, 0.2) is 35.1 Å². The summed E-state index contributed by atoms with van der Waals surface area (Å²) in [6, 6.07) is 4.95. The minimum atomic E-state index is -0.826. The molecular formula is C11H7FN4O4. The number of amides is 1. The van der Waals surface area contributed by atoms with E-state index in [1.807, 2.05) is 5.10 Å². The monoisotopic (exact) mass is 278 g/mol. The summed E-state index contributed by atoms with van der Waals surface area (Å²) < 4.78 is 13.5. The molecule has 1 aromatic carbocycles. The number of H-pyrrole nitrogens is 1. The largest absolute Gasteiger partial charge is 0.318 e. The zero-order valence-electron chi connectivity index (χ0n) is 9.79. The number of anilines is 1. The maximum Gasteiger partial charge on any atom is 0.276 e. The van der Waals surface area contributed by atoms with Gasteiger partial charge in [0.2, 0.25) is 0 Å². The molecular weight excluding hydrogens is 271 g/mol. The van der Waals surface area contributed by atoms with Crippen molar-refractivity contribution in [1.29, 1.82) is 0 Å². The standard InChI is InChI=1S/C11H7FN4O4/c12-7-2-1-6(16(19)20)5-9(7)13-11(18)8-3-4-10(17)15-14-8/h1-5H,(H,13,18)(H,15,17). The number of carbonyl (C=O) groups is 1. The van der Waals surface area contributed by atoms with Crippen LogP contribution in [-0.4, -0.2) is 21.0 Å². The van der Waals surface area contributed by atoms with Crippen molar-refractivity contribution < 1.29 is 14.1 Å². The predicted molar refractivity (Wildman–Crippen MR) is 65.9 cm³/mol. The Labute approximate surface area is 110 Å². The van der Waals surface area contributed by atoms with Gasteiger partial charge in [0.25, 0.3) is 17.2 Å². The third kappa shape index (κ3) is 2.83. The van der Waals surface area contributed by atoms with Gasteiger partial charge in [-0.15, -0.1) is 0 Å². The molecule has 2 rings (SSSR count). The van der Waals surface area contributed by atoms with Gasteiger partial charge in [-0.1, -0.05) is 0 Å². The third-order valence-electron chi connectivity index (χ3n) is 2.32. The van der Waals surface area contributed by atoms with Crippen LogP contribution in [0.1, 0.15) is 10.5 Å². The fourth-order valence-corrected chi connectivity index (χ4v) is 1.38. The number of aromatic nitrogens is 2. The third-order valence-corrected chi connectivity index (χ3v) is 2.32. The van der Waals surface area contributed by atoms with E-state index in [1.165, 1.54) is 0 Å². The molecule has 0 saturated heterocycles. The van der Waals surface area contributed by atoms with Crippen molar-refractivity contribution in [2.75, 3.05) is 5.32 Å². The highest BCUT2D eigenvalue weighted by atomic mass is 19.1. The highest BCUT2D eigenvalue weighted by Gasteiger charge is 2.14. The fourth-order valence-electron chi connectivity index (χ4n) is 1.38. The number of nitro benzene ring substituents is 1. The van der Waals surface area contributed by atoms with E-state index in [0.29, 0.717) is 0 Å². The molecule has 0 aliphatic heterocycles. The van der Waals surface area contributed by atoms with Crippen LogP contribution in [0.4, 0.5) is 15.8 Å². The summed E-state index contributed by atoms with van der Waals surface area (Å²) in [4.78, 5) is 32.4. The van der Waals surface area contributed by atoms with Gasteiger partial charge in [0.1, 0.15) is 11.5 Å². The molecule has 0 fully saturated rings. The zero-order valence-corrected chi connectivity index (χ0v) is 9.79. The van der Waals surface area contributed by atoms with E-state index in [0.717, 1.165) is 30.3 Å². The number of carbonyl (C=O) groups excluding carboxylic acids is 1. The summed E-state index contributed by atoms with van der Waals surface area (Å²) >= 11 is 0. The molecule has 1 heterocycles. The number of aromatic amines is 1. The lowest BCUT2D eigenvalue weighted by molar-refractivity contribution is -0.384. The first-order chi connectivity index (χ1) is 9.47. The molecule has 2 N–H and O–H groups in total. The van der Waals surface area contributed by atoms with Crippen LogP contribution in [0.2, 0.25) is 0 Å². The second-order valence-electron chi connectivity index (χ2n) is 3.68. The normalized spacial score (nSPS) is 10.1. The second kappa shape index (κ2) is 5.26. The Bertz CT molecular complexity index is 723. The zero-order chi connectivity index (χ0) is 14.7. The number of benzene rings is 1. The molecule has 0 radical (unpaired) electrons. The summed E-state index contributed by atoms with van der Waals surface area (Å²) in [5, 5.41) is 18.2. The molecule has 0 bridgehead atoms. The SMILES string of the molecule is O=C(Nc1cc([N+](=O)[O-])ccc1F)c1ccc(=O)[nH]n1. The lowest BCUT2D eigenvalue weighted by atomic mass is 10.2. The lowest BCUT2D eigenvalue weighted by Gasteiger charge is -2.05. The van der Waals surface area contributed by atoms with Crippen LogP contribution in [0, 0.1) is 15.9 Å². The lowest BCUT2D eigenvalue weighted by Crippen LogP contribution is -2.18. The Kier molecular flexibility index (Phi) is 3.51. The molecule has 0 saturated carbocycles. The first kappa shape index (κ1) is 13.3. The van der Waals surface area contributed by atoms with E-state index < -0.39 is 22.2 Å². The number of nitro groups is 1. The number of halogens is 1. The molecule has 1 amide bonds. The van der Waals surface area contributed by atoms with E-state index >= 15 is 0 Å². The van der Waals surface area contributed by atoms with Crippen LogP contribution in [0.5, 0.6) is 0 Å². The van der Waals surface area contributed by atoms with E-state index in [4.69, 9.17) is 0 Å². The van der Waals surface area contributed by atoms with E-state index in [1.54, 1.807) is 0 Å². The van der Waals surface area contributed by atoms with Gasteiger partial charge < -0.3 is 5.32 Å². The highest BCUT2D eigenvalue weighted by Crippen LogP contribution is 2.21. The maximum absolute atomic E-state index is 13.5. The molecule has 9 heteroatoms. The van der Waals surface area contributed by atoms with Gasteiger partial charge in [0.15, 0.2) is 0 Å². The van der Waals surface area contributed by atoms with Crippen molar-refractivity contribution in [2.24, 2.45) is 0 Å². The second-order valence-corrected chi connectivity index (χ2v) is 3.68. The molecule has 0 atom stereocenters. The van der Waals surface area contributed by atoms with Crippen LogP contribution < -0.4 is 10.9 Å². The Morgan fingerprint density at radius 2 is 2.10 bits per heavy atom. The number of rotatable bonds is 3. The van der Waals surface area contributed by atoms with Gasteiger partial charge in [-0.2, -0.15) is 5.10 Å². The first-order valence-electron chi connectivity index (χ1n) is 5.28. The molecule has 20 heavy (non-hydrogen) atoms. The number of nitrogens with one attached hydrogen (secondary N) is 2. The highest BCUT2D eigenvalue weighted by molar-refractivity contribution is 6.02. The molecule has 1 aromatic heterocycles. The Morgan fingerprint density at radius 1 is 1.35 bits per heavy atom. The number of nitrogens with zero attached hydrogens (tertiary/aromatic N) is 2. The van der Waals surface area contributed by atoms with Crippen molar-refractivity contribution in [3.63, 3.8) is 0 Å². The summed E-state index contributed by atoms with van der Waals surface area (Å²) in [6.07, 6.45) is 0. The number of non-ortho nitro benzene ring substituents is 1. The Balaban J connectivity index is 2.27.